The molecule has 1 aromatic carbocycles. The Morgan fingerprint density at radius 1 is 1.53 bits per heavy atom. The first-order valence-corrected chi connectivity index (χ1v) is 6.00. The molecule has 1 amide bonds. The second-order valence-electron chi connectivity index (χ2n) is 3.70. The molecule has 17 heavy (non-hydrogen) atoms. The van der Waals surface area contributed by atoms with E-state index in [1.165, 1.54) is 10.9 Å². The smallest absolute Gasteiger partial charge is 0.327 e. The molecule has 88 valence electrons. The molecule has 0 unspecified atom stereocenters. The molecule has 1 atom stereocenters. The summed E-state index contributed by atoms with van der Waals surface area (Å²) in [5.74, 6) is 0. The number of hydrogen-bond donors (Lipinski definition) is 1. The van der Waals surface area contributed by atoms with Crippen LogP contribution < -0.4 is 5.32 Å². The first-order chi connectivity index (χ1) is 8.16. The van der Waals surface area contributed by atoms with Gasteiger partial charge in [0.05, 0.1) is 6.04 Å². The second kappa shape index (κ2) is 5.14. The molecule has 0 radical (unpaired) electrons. The van der Waals surface area contributed by atoms with Crippen LogP contribution in [-0.4, -0.2) is 15.6 Å². The summed E-state index contributed by atoms with van der Waals surface area (Å²) in [6.07, 6.45) is 4.66. The molecule has 0 fully saturated rings. The van der Waals surface area contributed by atoms with Gasteiger partial charge in [-0.1, -0.05) is 28.1 Å². The molecular weight excluding hydrogens is 282 g/mol. The molecule has 0 saturated heterocycles. The van der Waals surface area contributed by atoms with Crippen LogP contribution in [0, 0.1) is 0 Å². The third-order valence-corrected chi connectivity index (χ3v) is 2.92. The number of carbonyl (C=O) groups is 1. The van der Waals surface area contributed by atoms with Crippen molar-refractivity contribution in [1.29, 1.82) is 0 Å². The van der Waals surface area contributed by atoms with E-state index in [0.29, 0.717) is 0 Å². The third kappa shape index (κ3) is 2.94. The topological polar surface area (TPSA) is 46.9 Å². The van der Waals surface area contributed by atoms with Crippen molar-refractivity contribution < 1.29 is 4.79 Å². The summed E-state index contributed by atoms with van der Waals surface area (Å²) in [5, 5.41) is 2.89. The van der Waals surface area contributed by atoms with Crippen LogP contribution in [0.15, 0.2) is 47.5 Å². The first-order valence-electron chi connectivity index (χ1n) is 5.21. The monoisotopic (exact) mass is 293 g/mol. The first kappa shape index (κ1) is 11.9. The SMILES string of the molecule is C[C@H](NC(=O)n1ccnc1)c1cccc(Br)c1. The van der Waals surface area contributed by atoms with Crippen molar-refractivity contribution in [2.75, 3.05) is 0 Å². The van der Waals surface area contributed by atoms with Gasteiger partial charge >= 0.3 is 6.03 Å². The van der Waals surface area contributed by atoms with Crippen LogP contribution in [-0.2, 0) is 0 Å². The van der Waals surface area contributed by atoms with Crippen LogP contribution >= 0.6 is 15.9 Å². The Morgan fingerprint density at radius 2 is 2.35 bits per heavy atom. The number of rotatable bonds is 2. The minimum absolute atomic E-state index is 0.0533. The van der Waals surface area contributed by atoms with E-state index in [1.807, 2.05) is 31.2 Å². The minimum atomic E-state index is -0.185. The normalized spacial score (nSPS) is 12.1. The van der Waals surface area contributed by atoms with Crippen LogP contribution in [0.2, 0.25) is 0 Å². The van der Waals surface area contributed by atoms with Crippen LogP contribution in [0.3, 0.4) is 0 Å². The maximum Gasteiger partial charge on any atom is 0.327 e. The van der Waals surface area contributed by atoms with Gasteiger partial charge in [-0.05, 0) is 24.6 Å². The van der Waals surface area contributed by atoms with Crippen molar-refractivity contribution in [3.63, 3.8) is 0 Å². The molecular formula is C12H12BrN3O. The summed E-state index contributed by atoms with van der Waals surface area (Å²) in [5.41, 5.74) is 1.05. The Balaban J connectivity index is 2.07. The average Bonchev–Trinajstić information content (AvgIpc) is 2.82. The zero-order chi connectivity index (χ0) is 12.3. The van der Waals surface area contributed by atoms with Crippen molar-refractivity contribution in [1.82, 2.24) is 14.9 Å². The number of imidazole rings is 1. The van der Waals surface area contributed by atoms with Gasteiger partial charge in [-0.15, -0.1) is 0 Å². The summed E-state index contributed by atoms with van der Waals surface area (Å²) in [6, 6.07) is 7.62. The molecule has 1 N–H and O–H groups in total. The highest BCUT2D eigenvalue weighted by molar-refractivity contribution is 9.10. The Morgan fingerprint density at radius 3 is 3.00 bits per heavy atom. The summed E-state index contributed by atoms with van der Waals surface area (Å²) in [6.45, 7) is 1.94. The maximum absolute atomic E-state index is 11.8. The van der Waals surface area contributed by atoms with Crippen molar-refractivity contribution in [3.8, 4) is 0 Å². The Hall–Kier alpha value is -1.62. The molecule has 2 aromatic rings. The van der Waals surface area contributed by atoms with Gasteiger partial charge in [0.1, 0.15) is 6.33 Å². The van der Waals surface area contributed by atoms with E-state index in [-0.39, 0.29) is 12.1 Å². The lowest BCUT2D eigenvalue weighted by Crippen LogP contribution is -2.30. The Labute approximate surface area is 108 Å². The van der Waals surface area contributed by atoms with E-state index < -0.39 is 0 Å². The van der Waals surface area contributed by atoms with Gasteiger partial charge in [0.25, 0.3) is 0 Å². The average molecular weight is 294 g/mol. The fourth-order valence-corrected chi connectivity index (χ4v) is 1.92. The number of nitrogens with one attached hydrogen (secondary N) is 1. The zero-order valence-electron chi connectivity index (χ0n) is 9.30. The number of amides is 1. The number of hydrogen-bond acceptors (Lipinski definition) is 2. The standard InChI is InChI=1S/C12H12BrN3O/c1-9(10-3-2-4-11(13)7-10)15-12(17)16-6-5-14-8-16/h2-9H,1H3,(H,15,17)/t9-/m0/s1. The van der Waals surface area contributed by atoms with Crippen LogP contribution in [0.5, 0.6) is 0 Å². The number of nitrogens with zero attached hydrogens (tertiary/aromatic N) is 2. The van der Waals surface area contributed by atoms with E-state index in [9.17, 15) is 4.79 Å². The molecule has 0 aliphatic rings. The van der Waals surface area contributed by atoms with Crippen LogP contribution in [0.4, 0.5) is 4.79 Å². The van der Waals surface area contributed by atoms with Crippen molar-refractivity contribution in [3.05, 3.63) is 53.0 Å². The Kier molecular flexibility index (Phi) is 3.58. The fourth-order valence-electron chi connectivity index (χ4n) is 1.50. The number of carbonyl (C=O) groups excluding carboxylic acids is 1. The van der Waals surface area contributed by atoms with Crippen molar-refractivity contribution in [2.45, 2.75) is 13.0 Å². The fraction of sp³-hybridized carbons (Fsp3) is 0.167. The molecule has 5 heteroatoms. The predicted molar refractivity (Wildman–Crippen MR) is 68.7 cm³/mol. The molecule has 1 aromatic heterocycles. The highest BCUT2D eigenvalue weighted by atomic mass is 79.9. The van der Waals surface area contributed by atoms with Gasteiger partial charge in [-0.25, -0.2) is 9.78 Å². The van der Waals surface area contributed by atoms with Gasteiger partial charge in [0.2, 0.25) is 0 Å². The maximum atomic E-state index is 11.8. The minimum Gasteiger partial charge on any atom is -0.331 e. The van der Waals surface area contributed by atoms with E-state index in [0.717, 1.165) is 10.0 Å². The largest absolute Gasteiger partial charge is 0.331 e. The molecule has 2 rings (SSSR count). The third-order valence-electron chi connectivity index (χ3n) is 2.43. The van der Waals surface area contributed by atoms with Crippen LogP contribution in [0.25, 0.3) is 0 Å². The van der Waals surface area contributed by atoms with Crippen molar-refractivity contribution >= 4 is 22.0 Å². The molecule has 0 aliphatic heterocycles. The second-order valence-corrected chi connectivity index (χ2v) is 4.61. The molecule has 0 spiro atoms. The van der Waals surface area contributed by atoms with E-state index in [2.05, 4.69) is 26.2 Å². The van der Waals surface area contributed by atoms with Crippen LogP contribution in [0.1, 0.15) is 18.5 Å². The quantitative estimate of drug-likeness (QED) is 0.925. The van der Waals surface area contributed by atoms with Gasteiger partial charge in [0.15, 0.2) is 0 Å². The summed E-state index contributed by atoms with van der Waals surface area (Å²) in [7, 11) is 0. The molecule has 0 aliphatic carbocycles. The van der Waals surface area contributed by atoms with Gasteiger partial charge in [0, 0.05) is 16.9 Å². The molecule has 1 heterocycles. The lowest BCUT2D eigenvalue weighted by molar-refractivity contribution is 0.239. The number of aromatic nitrogens is 2. The van der Waals surface area contributed by atoms with E-state index in [4.69, 9.17) is 0 Å². The van der Waals surface area contributed by atoms with Gasteiger partial charge < -0.3 is 5.32 Å². The zero-order valence-corrected chi connectivity index (χ0v) is 10.9. The molecule has 4 nitrogen and oxygen atoms in total. The van der Waals surface area contributed by atoms with Gasteiger partial charge in [-0.3, -0.25) is 4.57 Å². The number of halogens is 1. The molecule has 0 bridgehead atoms. The lowest BCUT2D eigenvalue weighted by atomic mass is 10.1. The molecule has 0 saturated carbocycles. The summed E-state index contributed by atoms with van der Waals surface area (Å²) in [4.78, 5) is 15.6. The summed E-state index contributed by atoms with van der Waals surface area (Å²) >= 11 is 3.41. The van der Waals surface area contributed by atoms with Crippen molar-refractivity contribution in [2.24, 2.45) is 0 Å². The van der Waals surface area contributed by atoms with Gasteiger partial charge in [-0.2, -0.15) is 0 Å². The number of benzene rings is 1. The van der Waals surface area contributed by atoms with E-state index in [1.54, 1.807) is 12.4 Å². The predicted octanol–water partition coefficient (Wildman–Crippen LogP) is 2.96. The highest BCUT2D eigenvalue weighted by Crippen LogP contribution is 2.17. The van der Waals surface area contributed by atoms with E-state index >= 15 is 0 Å². The highest BCUT2D eigenvalue weighted by Gasteiger charge is 2.10. The lowest BCUT2D eigenvalue weighted by Gasteiger charge is -2.14. The summed E-state index contributed by atoms with van der Waals surface area (Å²) < 4.78 is 2.41. The Bertz CT molecular complexity index is 510.